The van der Waals surface area contributed by atoms with Gasteiger partial charge in [-0.05, 0) is 49.6 Å². The Bertz CT molecular complexity index is 403. The Morgan fingerprint density at radius 2 is 2.17 bits per heavy atom. The molecule has 1 aromatic carbocycles. The van der Waals surface area contributed by atoms with Crippen molar-refractivity contribution in [2.24, 2.45) is 11.7 Å². The summed E-state index contributed by atoms with van der Waals surface area (Å²) in [5.41, 5.74) is 6.28. The van der Waals surface area contributed by atoms with E-state index in [0.717, 1.165) is 37.2 Å². The molecular formula is C14H20N2O2. The van der Waals surface area contributed by atoms with Crippen LogP contribution in [0.25, 0.3) is 0 Å². The van der Waals surface area contributed by atoms with Gasteiger partial charge in [-0.1, -0.05) is 0 Å². The van der Waals surface area contributed by atoms with Crippen LogP contribution >= 0.6 is 0 Å². The van der Waals surface area contributed by atoms with E-state index in [2.05, 4.69) is 0 Å². The summed E-state index contributed by atoms with van der Waals surface area (Å²) in [4.78, 5) is 14.2. The van der Waals surface area contributed by atoms with E-state index in [1.165, 1.54) is 0 Å². The zero-order valence-corrected chi connectivity index (χ0v) is 10.8. The van der Waals surface area contributed by atoms with Gasteiger partial charge in [-0.3, -0.25) is 4.79 Å². The SMILES string of the molecule is COc1ccc(C(=O)N2CCC(CCN)C2)cc1. The quantitative estimate of drug-likeness (QED) is 0.878. The first-order valence-corrected chi connectivity index (χ1v) is 6.38. The molecule has 0 bridgehead atoms. The van der Waals surface area contributed by atoms with Gasteiger partial charge in [-0.2, -0.15) is 0 Å². The normalized spacial score (nSPS) is 19.0. The lowest BCUT2D eigenvalue weighted by Crippen LogP contribution is -2.28. The number of nitrogens with two attached hydrogens (primary N) is 1. The Morgan fingerprint density at radius 1 is 1.44 bits per heavy atom. The molecule has 1 aromatic rings. The molecule has 0 aliphatic carbocycles. The number of likely N-dealkylation sites (tertiary alicyclic amines) is 1. The number of amides is 1. The summed E-state index contributed by atoms with van der Waals surface area (Å²) in [6.45, 7) is 2.38. The first kappa shape index (κ1) is 12.9. The smallest absolute Gasteiger partial charge is 0.253 e. The van der Waals surface area contributed by atoms with Crippen LogP contribution < -0.4 is 10.5 Å². The van der Waals surface area contributed by atoms with Gasteiger partial charge >= 0.3 is 0 Å². The zero-order valence-electron chi connectivity index (χ0n) is 10.8. The number of benzene rings is 1. The largest absolute Gasteiger partial charge is 0.497 e. The molecule has 1 aliphatic heterocycles. The standard InChI is InChI=1S/C14H20N2O2/c1-18-13-4-2-12(3-5-13)14(17)16-9-7-11(10-16)6-8-15/h2-5,11H,6-10,15H2,1H3. The monoisotopic (exact) mass is 248 g/mol. The summed E-state index contributed by atoms with van der Waals surface area (Å²) in [5, 5.41) is 0. The maximum absolute atomic E-state index is 12.3. The summed E-state index contributed by atoms with van der Waals surface area (Å²) in [6.07, 6.45) is 2.07. The molecule has 0 aromatic heterocycles. The van der Waals surface area contributed by atoms with Gasteiger partial charge in [0.05, 0.1) is 7.11 Å². The lowest BCUT2D eigenvalue weighted by molar-refractivity contribution is 0.0786. The van der Waals surface area contributed by atoms with Crippen molar-refractivity contribution < 1.29 is 9.53 Å². The summed E-state index contributed by atoms with van der Waals surface area (Å²) in [7, 11) is 1.62. The van der Waals surface area contributed by atoms with Gasteiger partial charge in [0, 0.05) is 18.7 Å². The third-order valence-electron chi connectivity index (χ3n) is 3.48. The van der Waals surface area contributed by atoms with Gasteiger partial charge in [0.15, 0.2) is 0 Å². The third kappa shape index (κ3) is 2.82. The molecule has 18 heavy (non-hydrogen) atoms. The lowest BCUT2D eigenvalue weighted by atomic mass is 10.1. The predicted molar refractivity (Wildman–Crippen MR) is 70.7 cm³/mol. The topological polar surface area (TPSA) is 55.6 Å². The van der Waals surface area contributed by atoms with Gasteiger partial charge in [-0.25, -0.2) is 0 Å². The number of hydrogen-bond acceptors (Lipinski definition) is 3. The van der Waals surface area contributed by atoms with Crippen LogP contribution in [-0.2, 0) is 0 Å². The average molecular weight is 248 g/mol. The van der Waals surface area contributed by atoms with Gasteiger partial charge < -0.3 is 15.4 Å². The Morgan fingerprint density at radius 3 is 2.78 bits per heavy atom. The first-order chi connectivity index (χ1) is 8.74. The van der Waals surface area contributed by atoms with Crippen molar-refractivity contribution in [2.75, 3.05) is 26.7 Å². The van der Waals surface area contributed by atoms with Crippen molar-refractivity contribution in [1.29, 1.82) is 0 Å². The van der Waals surface area contributed by atoms with Crippen molar-refractivity contribution in [2.45, 2.75) is 12.8 Å². The molecule has 1 heterocycles. The van der Waals surface area contributed by atoms with E-state index < -0.39 is 0 Å². The second kappa shape index (κ2) is 5.87. The molecule has 2 rings (SSSR count). The molecule has 1 amide bonds. The van der Waals surface area contributed by atoms with E-state index in [4.69, 9.17) is 10.5 Å². The molecular weight excluding hydrogens is 228 g/mol. The van der Waals surface area contributed by atoms with Crippen molar-refractivity contribution in [3.8, 4) is 5.75 Å². The van der Waals surface area contributed by atoms with Crippen LogP contribution in [0.15, 0.2) is 24.3 Å². The number of hydrogen-bond donors (Lipinski definition) is 1. The first-order valence-electron chi connectivity index (χ1n) is 6.38. The van der Waals surface area contributed by atoms with Crippen LogP contribution in [0.4, 0.5) is 0 Å². The highest BCUT2D eigenvalue weighted by atomic mass is 16.5. The zero-order chi connectivity index (χ0) is 13.0. The summed E-state index contributed by atoms with van der Waals surface area (Å²) in [5.74, 6) is 1.45. The Kier molecular flexibility index (Phi) is 4.20. The number of ether oxygens (including phenoxy) is 1. The fraction of sp³-hybridized carbons (Fsp3) is 0.500. The average Bonchev–Trinajstić information content (AvgIpc) is 2.87. The van der Waals surface area contributed by atoms with E-state index in [9.17, 15) is 4.79 Å². The molecule has 1 unspecified atom stereocenters. The van der Waals surface area contributed by atoms with E-state index in [0.29, 0.717) is 12.5 Å². The van der Waals surface area contributed by atoms with Gasteiger partial charge in [0.1, 0.15) is 5.75 Å². The third-order valence-corrected chi connectivity index (χ3v) is 3.48. The van der Waals surface area contributed by atoms with Crippen molar-refractivity contribution in [1.82, 2.24) is 4.90 Å². The maximum Gasteiger partial charge on any atom is 0.253 e. The predicted octanol–water partition coefficient (Wildman–Crippen LogP) is 1.51. The van der Waals surface area contributed by atoms with Crippen molar-refractivity contribution in [3.63, 3.8) is 0 Å². The van der Waals surface area contributed by atoms with Crippen LogP contribution in [0.3, 0.4) is 0 Å². The van der Waals surface area contributed by atoms with E-state index in [1.54, 1.807) is 7.11 Å². The minimum absolute atomic E-state index is 0.108. The minimum Gasteiger partial charge on any atom is -0.497 e. The van der Waals surface area contributed by atoms with Crippen LogP contribution in [0.5, 0.6) is 5.75 Å². The number of rotatable bonds is 4. The highest BCUT2D eigenvalue weighted by Gasteiger charge is 2.26. The van der Waals surface area contributed by atoms with Crippen molar-refractivity contribution in [3.05, 3.63) is 29.8 Å². The Labute approximate surface area is 108 Å². The van der Waals surface area contributed by atoms with Crippen LogP contribution in [-0.4, -0.2) is 37.6 Å². The number of nitrogens with zero attached hydrogens (tertiary/aromatic N) is 1. The van der Waals surface area contributed by atoms with E-state index in [-0.39, 0.29) is 5.91 Å². The molecule has 0 spiro atoms. The Balaban J connectivity index is 1.98. The van der Waals surface area contributed by atoms with E-state index in [1.807, 2.05) is 29.2 Å². The maximum atomic E-state index is 12.3. The highest BCUT2D eigenvalue weighted by Crippen LogP contribution is 2.21. The molecule has 0 saturated carbocycles. The summed E-state index contributed by atoms with van der Waals surface area (Å²) >= 11 is 0. The number of carbonyl (C=O) groups is 1. The van der Waals surface area contributed by atoms with Crippen molar-refractivity contribution >= 4 is 5.91 Å². The lowest BCUT2D eigenvalue weighted by Gasteiger charge is -2.16. The molecule has 4 nitrogen and oxygen atoms in total. The molecule has 1 saturated heterocycles. The summed E-state index contributed by atoms with van der Waals surface area (Å²) < 4.78 is 5.08. The molecule has 4 heteroatoms. The minimum atomic E-state index is 0.108. The molecule has 1 aliphatic rings. The Hall–Kier alpha value is -1.55. The molecule has 98 valence electrons. The number of carbonyl (C=O) groups excluding carboxylic acids is 1. The fourth-order valence-corrected chi connectivity index (χ4v) is 2.40. The van der Waals surface area contributed by atoms with Gasteiger partial charge in [-0.15, -0.1) is 0 Å². The molecule has 1 fully saturated rings. The fourth-order valence-electron chi connectivity index (χ4n) is 2.40. The van der Waals surface area contributed by atoms with Crippen LogP contribution in [0, 0.1) is 5.92 Å². The molecule has 2 N–H and O–H groups in total. The molecule has 0 radical (unpaired) electrons. The second-order valence-electron chi connectivity index (χ2n) is 4.71. The van der Waals surface area contributed by atoms with Gasteiger partial charge in [0.25, 0.3) is 5.91 Å². The highest BCUT2D eigenvalue weighted by molar-refractivity contribution is 5.94. The summed E-state index contributed by atoms with van der Waals surface area (Å²) in [6, 6.07) is 7.27. The van der Waals surface area contributed by atoms with Gasteiger partial charge in [0.2, 0.25) is 0 Å². The van der Waals surface area contributed by atoms with E-state index >= 15 is 0 Å². The number of methoxy groups -OCH3 is 1. The second-order valence-corrected chi connectivity index (χ2v) is 4.71. The van der Waals surface area contributed by atoms with Crippen LogP contribution in [0.1, 0.15) is 23.2 Å². The molecule has 1 atom stereocenters. The van der Waals surface area contributed by atoms with Crippen LogP contribution in [0.2, 0.25) is 0 Å².